The number of aromatic amines is 1. The van der Waals surface area contributed by atoms with Crippen molar-refractivity contribution in [3.63, 3.8) is 0 Å². The molecular weight excluding hydrogens is 362 g/mol. The topological polar surface area (TPSA) is 91.9 Å². The Morgan fingerprint density at radius 1 is 0.852 bits per heavy atom. The number of rotatable bonds is 4. The first-order valence-electron chi connectivity index (χ1n) is 8.18. The number of hydrogen-bond donors (Lipinski definition) is 2. The minimum absolute atomic E-state index is 0.0440. The molecule has 0 radical (unpaired) electrons. The summed E-state index contributed by atoms with van der Waals surface area (Å²) in [6, 6.07) is 17.4. The second kappa shape index (κ2) is 6.69. The molecule has 0 saturated heterocycles. The van der Waals surface area contributed by atoms with Gasteiger partial charge in [0, 0.05) is 24.2 Å². The van der Waals surface area contributed by atoms with Gasteiger partial charge in [-0.3, -0.25) is 14.5 Å². The maximum Gasteiger partial charge on any atom is 0.272 e. The predicted molar refractivity (Wildman–Crippen MR) is 105 cm³/mol. The molecule has 134 valence electrons. The summed E-state index contributed by atoms with van der Waals surface area (Å²) in [5, 5.41) is 1.74. The van der Waals surface area contributed by atoms with Gasteiger partial charge in [-0.05, 0) is 46.7 Å². The zero-order chi connectivity index (χ0) is 18.9. The molecule has 27 heavy (non-hydrogen) atoms. The number of pyridine rings is 2. The summed E-state index contributed by atoms with van der Waals surface area (Å²) in [6.07, 6.45) is 4.78. The first kappa shape index (κ1) is 17.0. The van der Waals surface area contributed by atoms with E-state index in [9.17, 15) is 13.2 Å². The van der Waals surface area contributed by atoms with E-state index in [2.05, 4.69) is 14.7 Å². The predicted octanol–water partition coefficient (Wildman–Crippen LogP) is 3.39. The molecule has 2 heterocycles. The smallest absolute Gasteiger partial charge is 0.272 e. The van der Waals surface area contributed by atoms with Gasteiger partial charge in [0.05, 0.1) is 4.90 Å². The van der Waals surface area contributed by atoms with Gasteiger partial charge in [0.15, 0.2) is 0 Å². The minimum Gasteiger partial charge on any atom is -0.327 e. The molecule has 0 bridgehead atoms. The Labute approximate surface area is 155 Å². The Bertz CT molecular complexity index is 1280. The number of fused-ring (bicyclic) bond motifs is 1. The molecule has 6 nitrogen and oxygen atoms in total. The summed E-state index contributed by atoms with van der Waals surface area (Å²) in [6.45, 7) is 0. The summed E-state index contributed by atoms with van der Waals surface area (Å²) < 4.78 is 27.9. The van der Waals surface area contributed by atoms with E-state index in [1.54, 1.807) is 36.7 Å². The van der Waals surface area contributed by atoms with E-state index in [1.807, 2.05) is 24.3 Å². The van der Waals surface area contributed by atoms with Crippen molar-refractivity contribution in [3.8, 4) is 11.1 Å². The third kappa shape index (κ3) is 3.45. The normalized spacial score (nSPS) is 11.4. The van der Waals surface area contributed by atoms with Crippen LogP contribution in [0.5, 0.6) is 0 Å². The summed E-state index contributed by atoms with van der Waals surface area (Å²) in [7, 11) is -3.91. The van der Waals surface area contributed by atoms with Crippen LogP contribution in [0.15, 0.2) is 88.9 Å². The second-order valence-electron chi connectivity index (χ2n) is 5.98. The van der Waals surface area contributed by atoms with Crippen LogP contribution in [0.3, 0.4) is 0 Å². The van der Waals surface area contributed by atoms with E-state index in [4.69, 9.17) is 0 Å². The fourth-order valence-electron chi connectivity index (χ4n) is 2.81. The van der Waals surface area contributed by atoms with Crippen molar-refractivity contribution in [2.24, 2.45) is 0 Å². The lowest BCUT2D eigenvalue weighted by molar-refractivity contribution is 0.601. The van der Waals surface area contributed by atoms with Crippen LogP contribution in [-0.4, -0.2) is 18.4 Å². The van der Waals surface area contributed by atoms with Crippen LogP contribution in [0.25, 0.3) is 21.9 Å². The van der Waals surface area contributed by atoms with E-state index in [0.29, 0.717) is 5.56 Å². The van der Waals surface area contributed by atoms with Gasteiger partial charge >= 0.3 is 0 Å². The van der Waals surface area contributed by atoms with Gasteiger partial charge in [0.1, 0.15) is 5.69 Å². The van der Waals surface area contributed by atoms with Gasteiger partial charge in [-0.1, -0.05) is 30.3 Å². The number of anilines is 1. The molecule has 0 spiro atoms. The van der Waals surface area contributed by atoms with Crippen LogP contribution >= 0.6 is 0 Å². The van der Waals surface area contributed by atoms with Gasteiger partial charge in [-0.15, -0.1) is 0 Å². The van der Waals surface area contributed by atoms with Crippen LogP contribution in [0.4, 0.5) is 5.69 Å². The van der Waals surface area contributed by atoms with Crippen LogP contribution in [-0.2, 0) is 10.0 Å². The molecule has 4 rings (SSSR count). The molecule has 2 N–H and O–H groups in total. The van der Waals surface area contributed by atoms with Crippen LogP contribution in [0.2, 0.25) is 0 Å². The average Bonchev–Trinajstić information content (AvgIpc) is 2.70. The molecular formula is C20H15N3O3S. The fourth-order valence-corrected chi connectivity index (χ4v) is 3.90. The van der Waals surface area contributed by atoms with Gasteiger partial charge in [0.25, 0.3) is 15.6 Å². The summed E-state index contributed by atoms with van der Waals surface area (Å²) >= 11 is 0. The van der Waals surface area contributed by atoms with Gasteiger partial charge in [0.2, 0.25) is 0 Å². The number of nitrogens with one attached hydrogen (secondary N) is 2. The van der Waals surface area contributed by atoms with Crippen molar-refractivity contribution in [3.05, 3.63) is 89.6 Å². The Hall–Kier alpha value is -3.45. The molecule has 0 unspecified atom stereocenters. The van der Waals surface area contributed by atoms with Gasteiger partial charge < -0.3 is 4.98 Å². The molecule has 0 fully saturated rings. The third-order valence-corrected chi connectivity index (χ3v) is 5.56. The van der Waals surface area contributed by atoms with Crippen molar-refractivity contribution in [1.82, 2.24) is 9.97 Å². The standard InChI is InChI=1S/C20H15N3O3S/c24-20-19(12-17(13-22-20)15-7-9-21-10-8-15)23-27(25,26)18-6-5-14-3-1-2-4-16(14)11-18/h1-13,23H,(H,22,24). The number of aromatic nitrogens is 2. The maximum atomic E-state index is 12.8. The number of H-pyrrole nitrogens is 1. The number of nitrogens with zero attached hydrogens (tertiary/aromatic N) is 1. The van der Waals surface area contributed by atoms with E-state index < -0.39 is 15.6 Å². The molecule has 2 aromatic heterocycles. The summed E-state index contributed by atoms with van der Waals surface area (Å²) in [4.78, 5) is 18.7. The molecule has 0 amide bonds. The van der Waals surface area contributed by atoms with Crippen LogP contribution in [0.1, 0.15) is 0 Å². The first-order valence-corrected chi connectivity index (χ1v) is 9.66. The van der Waals surface area contributed by atoms with Gasteiger partial charge in [-0.2, -0.15) is 0 Å². The largest absolute Gasteiger partial charge is 0.327 e. The molecule has 4 aromatic rings. The van der Waals surface area contributed by atoms with Gasteiger partial charge in [-0.25, -0.2) is 8.42 Å². The Morgan fingerprint density at radius 3 is 2.37 bits per heavy atom. The lowest BCUT2D eigenvalue weighted by atomic mass is 10.1. The second-order valence-corrected chi connectivity index (χ2v) is 7.66. The Morgan fingerprint density at radius 2 is 1.59 bits per heavy atom. The van der Waals surface area contributed by atoms with Crippen molar-refractivity contribution < 1.29 is 8.42 Å². The number of benzene rings is 2. The quantitative estimate of drug-likeness (QED) is 0.570. The monoisotopic (exact) mass is 377 g/mol. The van der Waals surface area contributed by atoms with E-state index in [-0.39, 0.29) is 10.6 Å². The minimum atomic E-state index is -3.91. The highest BCUT2D eigenvalue weighted by atomic mass is 32.2. The zero-order valence-electron chi connectivity index (χ0n) is 14.1. The average molecular weight is 377 g/mol. The van der Waals surface area contributed by atoms with E-state index in [1.165, 1.54) is 18.3 Å². The molecule has 7 heteroatoms. The van der Waals surface area contributed by atoms with Crippen LogP contribution < -0.4 is 10.3 Å². The van der Waals surface area contributed by atoms with Crippen molar-refractivity contribution in [2.75, 3.05) is 4.72 Å². The molecule has 0 saturated carbocycles. The molecule has 0 aliphatic heterocycles. The summed E-state index contributed by atoms with van der Waals surface area (Å²) in [5.41, 5.74) is 0.926. The molecule has 0 atom stereocenters. The first-order chi connectivity index (χ1) is 13.0. The van der Waals surface area contributed by atoms with Crippen molar-refractivity contribution in [2.45, 2.75) is 4.90 Å². The molecule has 2 aromatic carbocycles. The van der Waals surface area contributed by atoms with E-state index in [0.717, 1.165) is 16.3 Å². The molecule has 0 aliphatic rings. The van der Waals surface area contributed by atoms with E-state index >= 15 is 0 Å². The van der Waals surface area contributed by atoms with Crippen molar-refractivity contribution in [1.29, 1.82) is 0 Å². The fraction of sp³-hybridized carbons (Fsp3) is 0. The highest BCUT2D eigenvalue weighted by molar-refractivity contribution is 7.92. The summed E-state index contributed by atoms with van der Waals surface area (Å²) in [5.74, 6) is 0. The maximum absolute atomic E-state index is 12.8. The van der Waals surface area contributed by atoms with Crippen molar-refractivity contribution >= 4 is 26.5 Å². The highest BCUT2D eigenvalue weighted by Gasteiger charge is 2.17. The van der Waals surface area contributed by atoms with Crippen LogP contribution in [0, 0.1) is 0 Å². The zero-order valence-corrected chi connectivity index (χ0v) is 14.9. The number of hydrogen-bond acceptors (Lipinski definition) is 4. The lowest BCUT2D eigenvalue weighted by Gasteiger charge is -2.10. The lowest BCUT2D eigenvalue weighted by Crippen LogP contribution is -2.20. The third-order valence-electron chi connectivity index (χ3n) is 4.19. The Kier molecular flexibility index (Phi) is 4.21. The number of sulfonamides is 1. The SMILES string of the molecule is O=c1[nH]cc(-c2ccncc2)cc1NS(=O)(=O)c1ccc2ccccc2c1. The Balaban J connectivity index is 1.72. The highest BCUT2D eigenvalue weighted by Crippen LogP contribution is 2.23. The molecule has 0 aliphatic carbocycles.